The summed E-state index contributed by atoms with van der Waals surface area (Å²) in [6, 6.07) is 12.5. The molecular weight excluding hydrogens is 398 g/mol. The molecule has 3 aromatic rings. The van der Waals surface area contributed by atoms with Gasteiger partial charge < -0.3 is 9.15 Å². The monoisotopic (exact) mass is 412 g/mol. The lowest BCUT2D eigenvalue weighted by atomic mass is 10.2. The van der Waals surface area contributed by atoms with Crippen LogP contribution in [0.5, 0.6) is 5.75 Å². The molecule has 1 aromatic heterocycles. The zero-order valence-corrected chi connectivity index (χ0v) is 15.6. The normalized spacial score (nSPS) is 11.7. The number of para-hydroxylation sites is 1. The van der Waals surface area contributed by atoms with Gasteiger partial charge in [0.2, 0.25) is 9.84 Å². The van der Waals surface area contributed by atoms with Gasteiger partial charge in [0, 0.05) is 5.75 Å². The predicted octanol–water partition coefficient (Wildman–Crippen LogP) is 4.03. The lowest BCUT2D eigenvalue weighted by Crippen LogP contribution is -2.11. The summed E-state index contributed by atoms with van der Waals surface area (Å²) in [6.45, 7) is 0. The Morgan fingerprint density at radius 2 is 1.81 bits per heavy atom. The number of rotatable bonds is 7. The molecule has 1 heterocycles. The van der Waals surface area contributed by atoms with Gasteiger partial charge in [0.15, 0.2) is 0 Å². The summed E-state index contributed by atoms with van der Waals surface area (Å²) in [5, 5.41) is 8.27. The van der Waals surface area contributed by atoms with E-state index in [1.165, 1.54) is 23.9 Å². The van der Waals surface area contributed by atoms with Gasteiger partial charge in [-0.05, 0) is 29.8 Å². The zero-order valence-electron chi connectivity index (χ0n) is 14.0. The molecular formula is C17H14F2N2O4S2. The molecule has 0 fully saturated rings. The van der Waals surface area contributed by atoms with Gasteiger partial charge >= 0.3 is 5.76 Å². The second-order valence-corrected chi connectivity index (χ2v) is 8.16. The van der Waals surface area contributed by atoms with Gasteiger partial charge in [-0.15, -0.1) is 10.2 Å². The molecule has 0 saturated carbocycles. The van der Waals surface area contributed by atoms with Crippen molar-refractivity contribution in [1.29, 1.82) is 0 Å². The van der Waals surface area contributed by atoms with E-state index >= 15 is 0 Å². The van der Waals surface area contributed by atoms with Crippen molar-refractivity contribution >= 4 is 21.6 Å². The molecule has 0 amide bonds. The summed E-state index contributed by atoms with van der Waals surface area (Å²) in [6.07, 6.45) is 0. The van der Waals surface area contributed by atoms with Crippen LogP contribution in [0.3, 0.4) is 0 Å². The maximum absolute atomic E-state index is 12.5. The summed E-state index contributed by atoms with van der Waals surface area (Å²) < 4.78 is 58.8. The number of nitrogens with zero attached hydrogens (tertiary/aromatic N) is 2. The molecule has 0 bridgehead atoms. The fraction of sp³-hybridized carbons (Fsp3) is 0.176. The van der Waals surface area contributed by atoms with Crippen LogP contribution in [0, 0.1) is 0 Å². The Labute approximate surface area is 158 Å². The molecule has 6 nitrogen and oxygen atoms in total. The third-order valence-corrected chi connectivity index (χ3v) is 5.88. The van der Waals surface area contributed by atoms with Crippen molar-refractivity contribution in [2.75, 3.05) is 7.11 Å². The van der Waals surface area contributed by atoms with Crippen molar-refractivity contribution in [1.82, 2.24) is 10.2 Å². The lowest BCUT2D eigenvalue weighted by Gasteiger charge is -2.04. The highest BCUT2D eigenvalue weighted by Crippen LogP contribution is 2.31. The van der Waals surface area contributed by atoms with Gasteiger partial charge in [-0.3, -0.25) is 0 Å². The van der Waals surface area contributed by atoms with E-state index in [0.29, 0.717) is 28.2 Å². The third kappa shape index (κ3) is 4.28. The molecule has 0 N–H and O–H groups in total. The molecule has 0 aliphatic carbocycles. The molecule has 142 valence electrons. The first kappa shape index (κ1) is 19.3. The van der Waals surface area contributed by atoms with Crippen LogP contribution in [-0.2, 0) is 15.6 Å². The average Bonchev–Trinajstić information content (AvgIpc) is 3.15. The van der Waals surface area contributed by atoms with E-state index < -0.39 is 20.5 Å². The maximum Gasteiger partial charge on any atom is 0.341 e. The molecule has 0 radical (unpaired) electrons. The van der Waals surface area contributed by atoms with E-state index in [-0.39, 0.29) is 0 Å². The van der Waals surface area contributed by atoms with Crippen LogP contribution in [-0.4, -0.2) is 31.5 Å². The number of sulfone groups is 1. The Kier molecular flexibility index (Phi) is 5.76. The lowest BCUT2D eigenvalue weighted by molar-refractivity contribution is 0.234. The van der Waals surface area contributed by atoms with E-state index in [2.05, 4.69) is 10.2 Å². The Bertz CT molecular complexity index is 1020. The van der Waals surface area contributed by atoms with Crippen molar-refractivity contribution in [2.45, 2.75) is 21.6 Å². The molecule has 3 rings (SSSR count). The Morgan fingerprint density at radius 3 is 2.48 bits per heavy atom. The van der Waals surface area contributed by atoms with Crippen molar-refractivity contribution in [2.24, 2.45) is 0 Å². The van der Waals surface area contributed by atoms with Crippen LogP contribution < -0.4 is 4.74 Å². The summed E-state index contributed by atoms with van der Waals surface area (Å²) in [5.41, 5.74) is 1.39. The molecule has 0 unspecified atom stereocenters. The number of ether oxygens (including phenoxy) is 1. The predicted molar refractivity (Wildman–Crippen MR) is 95.5 cm³/mol. The average molecular weight is 412 g/mol. The summed E-state index contributed by atoms with van der Waals surface area (Å²) >= 11 is 1.24. The minimum Gasteiger partial charge on any atom is -0.496 e. The molecule has 2 aromatic carbocycles. The van der Waals surface area contributed by atoms with E-state index in [9.17, 15) is 17.2 Å². The topological polar surface area (TPSA) is 82.3 Å². The Balaban J connectivity index is 1.69. The Hall–Kier alpha value is -2.46. The Morgan fingerprint density at radius 1 is 1.11 bits per heavy atom. The highest BCUT2D eigenvalue weighted by molar-refractivity contribution is 7.98. The molecule has 0 aliphatic heterocycles. The van der Waals surface area contributed by atoms with Gasteiger partial charge in [0.25, 0.3) is 11.1 Å². The molecule has 0 aliphatic rings. The van der Waals surface area contributed by atoms with Crippen LogP contribution in [0.4, 0.5) is 8.78 Å². The summed E-state index contributed by atoms with van der Waals surface area (Å²) in [4.78, 5) is -0.414. The van der Waals surface area contributed by atoms with Crippen molar-refractivity contribution < 1.29 is 26.4 Å². The van der Waals surface area contributed by atoms with Crippen molar-refractivity contribution in [3.05, 3.63) is 54.1 Å². The van der Waals surface area contributed by atoms with Gasteiger partial charge in [-0.2, -0.15) is 8.78 Å². The van der Waals surface area contributed by atoms with Crippen molar-refractivity contribution in [3.63, 3.8) is 0 Å². The van der Waals surface area contributed by atoms with E-state index in [0.717, 1.165) is 17.7 Å². The third-order valence-electron chi connectivity index (χ3n) is 3.59. The quantitative estimate of drug-likeness (QED) is 0.542. The second kappa shape index (κ2) is 8.05. The van der Waals surface area contributed by atoms with Gasteiger partial charge in [0.1, 0.15) is 5.75 Å². The van der Waals surface area contributed by atoms with Crippen LogP contribution in [0.1, 0.15) is 5.56 Å². The van der Waals surface area contributed by atoms with E-state index in [4.69, 9.17) is 9.15 Å². The number of alkyl halides is 2. The SMILES string of the molecule is COc1ccccc1-c1nnc(SCc2ccc(S(=O)(=O)C(F)F)cc2)o1. The highest BCUT2D eigenvalue weighted by atomic mass is 32.2. The first-order chi connectivity index (χ1) is 12.9. The largest absolute Gasteiger partial charge is 0.496 e. The number of methoxy groups -OCH3 is 1. The minimum absolute atomic E-state index is 0.313. The number of aromatic nitrogens is 2. The van der Waals surface area contributed by atoms with E-state index in [1.807, 2.05) is 12.1 Å². The van der Waals surface area contributed by atoms with Crippen LogP contribution >= 0.6 is 11.8 Å². The van der Waals surface area contributed by atoms with Gasteiger partial charge in [-0.25, -0.2) is 8.42 Å². The van der Waals surface area contributed by atoms with Crippen LogP contribution in [0.25, 0.3) is 11.5 Å². The highest BCUT2D eigenvalue weighted by Gasteiger charge is 2.26. The standard InChI is InChI=1S/C17H14F2N2O4S2/c1-24-14-5-3-2-4-13(14)15-20-21-17(25-15)26-10-11-6-8-12(9-7-11)27(22,23)16(18)19/h2-9,16H,10H2,1H3. The number of hydrogen-bond donors (Lipinski definition) is 0. The van der Waals surface area contributed by atoms with Gasteiger partial charge in [-0.1, -0.05) is 36.0 Å². The van der Waals surface area contributed by atoms with Crippen molar-refractivity contribution in [3.8, 4) is 17.2 Å². The first-order valence-electron chi connectivity index (χ1n) is 7.62. The maximum atomic E-state index is 12.5. The number of thioether (sulfide) groups is 1. The molecule has 0 saturated heterocycles. The smallest absolute Gasteiger partial charge is 0.341 e. The van der Waals surface area contributed by atoms with Gasteiger partial charge in [0.05, 0.1) is 17.6 Å². The number of hydrogen-bond acceptors (Lipinski definition) is 7. The van der Waals surface area contributed by atoms with E-state index in [1.54, 1.807) is 19.2 Å². The molecule has 0 spiro atoms. The fourth-order valence-electron chi connectivity index (χ4n) is 2.22. The summed E-state index contributed by atoms with van der Waals surface area (Å²) in [5.74, 6) is -2.12. The zero-order chi connectivity index (χ0) is 19.4. The van der Waals surface area contributed by atoms with Crippen LogP contribution in [0.15, 0.2) is 63.1 Å². The number of benzene rings is 2. The first-order valence-corrected chi connectivity index (χ1v) is 10.2. The second-order valence-electron chi connectivity index (χ2n) is 5.31. The fourth-order valence-corrected chi connectivity index (χ4v) is 3.66. The molecule has 0 atom stereocenters. The minimum atomic E-state index is -4.59. The summed E-state index contributed by atoms with van der Waals surface area (Å²) in [7, 11) is -3.04. The molecule has 10 heteroatoms. The molecule has 27 heavy (non-hydrogen) atoms. The number of halogens is 2. The van der Waals surface area contributed by atoms with Crippen LogP contribution in [0.2, 0.25) is 0 Å².